The van der Waals surface area contributed by atoms with E-state index in [9.17, 15) is 0 Å². The molecule has 0 bridgehead atoms. The van der Waals surface area contributed by atoms with Crippen LogP contribution in [0, 0.1) is 0 Å². The Morgan fingerprint density at radius 1 is 0.447 bits per heavy atom. The van der Waals surface area contributed by atoms with Crippen molar-refractivity contribution in [3.8, 4) is 44.7 Å². The molecule has 0 radical (unpaired) electrons. The minimum absolute atomic E-state index is 0.545. The van der Waals surface area contributed by atoms with Gasteiger partial charge in [-0.05, 0) is 18.2 Å². The SMILES string of the molecule is c1ccc(-c2nc(-c3ccccc3)nc(-c3c4nc(-c5cccc6oc7ccccc7c56)sc4cc4oc5ccccc5c34)n2)cc1. The Bertz CT molecular complexity index is 2740. The van der Waals surface area contributed by atoms with Crippen molar-refractivity contribution < 1.29 is 8.83 Å². The molecule has 0 aliphatic heterocycles. The number of aromatic nitrogens is 4. The van der Waals surface area contributed by atoms with E-state index in [1.165, 1.54) is 0 Å². The average Bonchev–Trinajstić information content (AvgIpc) is 3.84. The van der Waals surface area contributed by atoms with Crippen molar-refractivity contribution in [2.24, 2.45) is 0 Å². The molecular formula is C40H22N4O2S. The summed E-state index contributed by atoms with van der Waals surface area (Å²) < 4.78 is 13.7. The van der Waals surface area contributed by atoms with Gasteiger partial charge in [0.1, 0.15) is 27.3 Å². The lowest BCUT2D eigenvalue weighted by Gasteiger charge is -2.10. The predicted molar refractivity (Wildman–Crippen MR) is 189 cm³/mol. The van der Waals surface area contributed by atoms with E-state index in [2.05, 4.69) is 24.3 Å². The molecule has 0 saturated carbocycles. The van der Waals surface area contributed by atoms with Gasteiger partial charge in [0.25, 0.3) is 0 Å². The number of furan rings is 2. The fourth-order valence-electron chi connectivity index (χ4n) is 6.48. The minimum atomic E-state index is 0.545. The minimum Gasteiger partial charge on any atom is -0.456 e. The van der Waals surface area contributed by atoms with Gasteiger partial charge in [-0.3, -0.25) is 0 Å². The molecule has 0 atom stereocenters. The molecule has 0 saturated heterocycles. The van der Waals surface area contributed by atoms with Crippen molar-refractivity contribution in [3.63, 3.8) is 0 Å². The molecular weight excluding hydrogens is 601 g/mol. The zero-order valence-electron chi connectivity index (χ0n) is 24.7. The van der Waals surface area contributed by atoms with Crippen LogP contribution in [0.25, 0.3) is 98.8 Å². The largest absolute Gasteiger partial charge is 0.456 e. The van der Waals surface area contributed by atoms with Crippen LogP contribution in [0.2, 0.25) is 0 Å². The lowest BCUT2D eigenvalue weighted by Crippen LogP contribution is -2.01. The summed E-state index contributed by atoms with van der Waals surface area (Å²) in [5, 5.41) is 4.92. The second-order valence-corrected chi connectivity index (χ2v) is 12.4. The first-order valence-electron chi connectivity index (χ1n) is 15.3. The third-order valence-electron chi connectivity index (χ3n) is 8.58. The molecule has 0 aliphatic rings. The highest BCUT2D eigenvalue weighted by Gasteiger charge is 2.24. The first-order valence-corrected chi connectivity index (χ1v) is 16.1. The van der Waals surface area contributed by atoms with Gasteiger partial charge in [0.15, 0.2) is 17.5 Å². The van der Waals surface area contributed by atoms with Crippen LogP contribution in [0.5, 0.6) is 0 Å². The predicted octanol–water partition coefficient (Wildman–Crippen LogP) is 10.9. The standard InChI is InChI=1S/C40H22N4O2S/c1-3-12-23(13-4-1)37-42-38(24-14-5-2-6-15-24)44-39(43-37)35-34-26-17-8-10-20-29(26)46-31(34)22-32-36(35)41-40(47-32)27-18-11-21-30-33(27)25-16-7-9-19-28(25)45-30/h1-22H. The third-order valence-corrected chi connectivity index (χ3v) is 9.62. The molecule has 0 aliphatic carbocycles. The number of para-hydroxylation sites is 2. The highest BCUT2D eigenvalue weighted by Crippen LogP contribution is 2.45. The number of hydrogen-bond donors (Lipinski definition) is 0. The van der Waals surface area contributed by atoms with E-state index in [1.807, 2.05) is 109 Å². The first-order chi connectivity index (χ1) is 23.3. The van der Waals surface area contributed by atoms with E-state index in [0.717, 1.165) is 81.4 Å². The van der Waals surface area contributed by atoms with Crippen molar-refractivity contribution in [2.45, 2.75) is 0 Å². The van der Waals surface area contributed by atoms with E-state index in [1.54, 1.807) is 11.3 Å². The quantitative estimate of drug-likeness (QED) is 0.194. The Morgan fingerprint density at radius 3 is 1.68 bits per heavy atom. The summed E-state index contributed by atoms with van der Waals surface area (Å²) in [5.74, 6) is 1.73. The fraction of sp³-hybridized carbons (Fsp3) is 0. The first kappa shape index (κ1) is 26.1. The average molecular weight is 623 g/mol. The Labute approximate surface area is 271 Å². The van der Waals surface area contributed by atoms with E-state index in [4.69, 9.17) is 28.8 Å². The van der Waals surface area contributed by atoms with Crippen molar-refractivity contribution >= 4 is 65.4 Å². The highest BCUT2D eigenvalue weighted by atomic mass is 32.1. The van der Waals surface area contributed by atoms with Crippen LogP contribution >= 0.6 is 11.3 Å². The smallest absolute Gasteiger partial charge is 0.167 e. The molecule has 0 N–H and O–H groups in total. The fourth-order valence-corrected chi connectivity index (χ4v) is 7.51. The number of benzene rings is 6. The summed E-state index contributed by atoms with van der Waals surface area (Å²) in [5.41, 5.74) is 7.73. The molecule has 0 amide bonds. The van der Waals surface area contributed by atoms with Gasteiger partial charge in [0.2, 0.25) is 0 Å². The van der Waals surface area contributed by atoms with E-state index in [-0.39, 0.29) is 0 Å². The molecule has 6 nitrogen and oxygen atoms in total. The lowest BCUT2D eigenvalue weighted by molar-refractivity contribution is 0.669. The molecule has 47 heavy (non-hydrogen) atoms. The van der Waals surface area contributed by atoms with Crippen molar-refractivity contribution in [1.82, 2.24) is 19.9 Å². The monoisotopic (exact) mass is 622 g/mol. The molecule has 7 heteroatoms. The molecule has 220 valence electrons. The zero-order chi connectivity index (χ0) is 30.9. The topological polar surface area (TPSA) is 77.8 Å². The summed E-state index contributed by atoms with van der Waals surface area (Å²) in [6.45, 7) is 0. The molecule has 6 aromatic carbocycles. The maximum Gasteiger partial charge on any atom is 0.167 e. The molecule has 0 spiro atoms. The third kappa shape index (κ3) is 4.10. The van der Waals surface area contributed by atoms with Gasteiger partial charge in [-0.15, -0.1) is 11.3 Å². The van der Waals surface area contributed by atoms with Crippen LogP contribution in [0.3, 0.4) is 0 Å². The lowest BCUT2D eigenvalue weighted by atomic mass is 10.0. The van der Waals surface area contributed by atoms with Crippen LogP contribution in [0.4, 0.5) is 0 Å². The highest BCUT2D eigenvalue weighted by molar-refractivity contribution is 7.22. The number of thiazole rings is 1. The Hall–Kier alpha value is -6.18. The van der Waals surface area contributed by atoms with Crippen LogP contribution in [0.15, 0.2) is 142 Å². The summed E-state index contributed by atoms with van der Waals surface area (Å²) in [4.78, 5) is 20.6. The Kier molecular flexibility index (Phi) is 5.64. The summed E-state index contributed by atoms with van der Waals surface area (Å²) in [6.07, 6.45) is 0. The van der Waals surface area contributed by atoms with Crippen molar-refractivity contribution in [1.29, 1.82) is 0 Å². The normalized spacial score (nSPS) is 11.8. The van der Waals surface area contributed by atoms with Crippen LogP contribution in [0.1, 0.15) is 0 Å². The maximum atomic E-state index is 6.48. The van der Waals surface area contributed by atoms with Crippen LogP contribution < -0.4 is 0 Å². The summed E-state index contributed by atoms with van der Waals surface area (Å²) >= 11 is 1.63. The van der Waals surface area contributed by atoms with Gasteiger partial charge >= 0.3 is 0 Å². The second-order valence-electron chi connectivity index (χ2n) is 11.4. The zero-order valence-corrected chi connectivity index (χ0v) is 25.5. The Balaban J connectivity index is 1.31. The summed E-state index contributed by atoms with van der Waals surface area (Å²) in [6, 6.07) is 44.5. The van der Waals surface area contributed by atoms with Gasteiger partial charge < -0.3 is 8.83 Å². The molecule has 0 fully saturated rings. The molecule has 10 aromatic rings. The number of hydrogen-bond acceptors (Lipinski definition) is 7. The second kappa shape index (κ2) is 10.2. The summed E-state index contributed by atoms with van der Waals surface area (Å²) in [7, 11) is 0. The molecule has 0 unspecified atom stereocenters. The van der Waals surface area contributed by atoms with E-state index < -0.39 is 0 Å². The van der Waals surface area contributed by atoms with Gasteiger partial charge in [0.05, 0.1) is 15.8 Å². The van der Waals surface area contributed by atoms with Gasteiger partial charge in [-0.2, -0.15) is 0 Å². The Morgan fingerprint density at radius 2 is 1.00 bits per heavy atom. The number of rotatable bonds is 4. The van der Waals surface area contributed by atoms with Crippen LogP contribution in [-0.4, -0.2) is 19.9 Å². The van der Waals surface area contributed by atoms with Crippen molar-refractivity contribution in [3.05, 3.63) is 133 Å². The number of fused-ring (bicyclic) bond motifs is 7. The molecule has 4 aromatic heterocycles. The molecule has 4 heterocycles. The van der Waals surface area contributed by atoms with E-state index in [0.29, 0.717) is 17.5 Å². The number of nitrogens with zero attached hydrogens (tertiary/aromatic N) is 4. The van der Waals surface area contributed by atoms with E-state index >= 15 is 0 Å². The van der Waals surface area contributed by atoms with Crippen molar-refractivity contribution in [2.75, 3.05) is 0 Å². The molecule has 10 rings (SSSR count). The van der Waals surface area contributed by atoms with Crippen LogP contribution in [-0.2, 0) is 0 Å². The van der Waals surface area contributed by atoms with Gasteiger partial charge in [0, 0.05) is 44.3 Å². The van der Waals surface area contributed by atoms with Gasteiger partial charge in [-0.1, -0.05) is 109 Å². The van der Waals surface area contributed by atoms with Gasteiger partial charge in [-0.25, -0.2) is 19.9 Å². The maximum absolute atomic E-state index is 6.48.